The van der Waals surface area contributed by atoms with Gasteiger partial charge in [0, 0.05) is 6.54 Å². The molecule has 1 aromatic carbocycles. The van der Waals surface area contributed by atoms with Crippen molar-refractivity contribution in [2.45, 2.75) is 31.0 Å². The van der Waals surface area contributed by atoms with Crippen LogP contribution in [0.2, 0.25) is 0 Å². The molecule has 4 atom stereocenters. The third-order valence-electron chi connectivity index (χ3n) is 4.77. The number of ether oxygens (including phenoxy) is 1. The molecule has 10 heteroatoms. The first-order valence-electron chi connectivity index (χ1n) is 8.87. The van der Waals surface area contributed by atoms with Gasteiger partial charge in [-0.25, -0.2) is 19.3 Å². The quantitative estimate of drug-likeness (QED) is 0.472. The second-order valence-corrected chi connectivity index (χ2v) is 6.58. The van der Waals surface area contributed by atoms with Crippen LogP contribution in [0, 0.1) is 5.82 Å². The van der Waals surface area contributed by atoms with Crippen molar-refractivity contribution in [3.63, 3.8) is 0 Å². The molecule has 0 bridgehead atoms. The predicted molar refractivity (Wildman–Crippen MR) is 96.9 cm³/mol. The lowest BCUT2D eigenvalue weighted by atomic mass is 10.1. The molecule has 9 nitrogen and oxygen atoms in total. The minimum atomic E-state index is -1.22. The van der Waals surface area contributed by atoms with Crippen molar-refractivity contribution < 1.29 is 24.4 Å². The molecule has 1 saturated heterocycles. The monoisotopic (exact) mass is 389 g/mol. The Balaban J connectivity index is 1.51. The molecular formula is C18H20FN5O4. The van der Waals surface area contributed by atoms with Crippen molar-refractivity contribution >= 4 is 17.0 Å². The predicted octanol–water partition coefficient (Wildman–Crippen LogP) is 0.231. The zero-order valence-corrected chi connectivity index (χ0v) is 14.8. The molecule has 0 spiro atoms. The number of rotatable bonds is 6. The number of hydrogen-bond donors (Lipinski definition) is 4. The van der Waals surface area contributed by atoms with Crippen LogP contribution in [0.5, 0.6) is 0 Å². The molecule has 148 valence electrons. The second kappa shape index (κ2) is 7.76. The van der Waals surface area contributed by atoms with Gasteiger partial charge in [0.25, 0.3) is 0 Å². The first kappa shape index (κ1) is 18.7. The van der Waals surface area contributed by atoms with Crippen LogP contribution in [0.15, 0.2) is 36.9 Å². The number of nitrogens with zero attached hydrogens (tertiary/aromatic N) is 4. The minimum absolute atomic E-state index is 0.273. The first-order chi connectivity index (χ1) is 13.6. The minimum Gasteiger partial charge on any atom is -0.394 e. The van der Waals surface area contributed by atoms with Gasteiger partial charge in [0.05, 0.1) is 12.9 Å². The van der Waals surface area contributed by atoms with Gasteiger partial charge in [-0.2, -0.15) is 0 Å². The fourth-order valence-electron chi connectivity index (χ4n) is 3.25. The molecule has 0 aliphatic carbocycles. The number of aliphatic hydroxyl groups excluding tert-OH is 3. The molecule has 1 aliphatic rings. The lowest BCUT2D eigenvalue weighted by Crippen LogP contribution is -2.33. The van der Waals surface area contributed by atoms with E-state index in [0.29, 0.717) is 29.9 Å². The van der Waals surface area contributed by atoms with Crippen molar-refractivity contribution in [3.8, 4) is 0 Å². The highest BCUT2D eigenvalue weighted by Crippen LogP contribution is 2.32. The van der Waals surface area contributed by atoms with E-state index >= 15 is 0 Å². The van der Waals surface area contributed by atoms with E-state index in [1.54, 1.807) is 12.1 Å². The van der Waals surface area contributed by atoms with Gasteiger partial charge in [-0.1, -0.05) is 12.1 Å². The zero-order valence-electron chi connectivity index (χ0n) is 14.8. The summed E-state index contributed by atoms with van der Waals surface area (Å²) in [5, 5.41) is 32.6. The molecule has 0 amide bonds. The average Bonchev–Trinajstić information content (AvgIpc) is 3.25. The van der Waals surface area contributed by atoms with E-state index in [4.69, 9.17) is 4.74 Å². The second-order valence-electron chi connectivity index (χ2n) is 6.58. The highest BCUT2D eigenvalue weighted by molar-refractivity contribution is 5.82. The van der Waals surface area contributed by atoms with Crippen molar-refractivity contribution in [2.75, 3.05) is 18.5 Å². The third kappa shape index (κ3) is 3.42. The summed E-state index contributed by atoms with van der Waals surface area (Å²) in [5.41, 5.74) is 1.89. The number of aromatic nitrogens is 4. The third-order valence-corrected chi connectivity index (χ3v) is 4.77. The Morgan fingerprint density at radius 1 is 1.11 bits per heavy atom. The molecule has 0 radical (unpaired) electrons. The Labute approximate surface area is 159 Å². The number of halogens is 1. The molecular weight excluding hydrogens is 369 g/mol. The summed E-state index contributed by atoms with van der Waals surface area (Å²) < 4.78 is 20.0. The maximum Gasteiger partial charge on any atom is 0.167 e. The van der Waals surface area contributed by atoms with Crippen molar-refractivity contribution in [3.05, 3.63) is 48.3 Å². The van der Waals surface area contributed by atoms with Gasteiger partial charge >= 0.3 is 0 Å². The summed E-state index contributed by atoms with van der Waals surface area (Å²) in [7, 11) is 0. The maximum atomic E-state index is 13.0. The summed E-state index contributed by atoms with van der Waals surface area (Å²) in [6, 6.07) is 6.29. The van der Waals surface area contributed by atoms with Crippen LogP contribution >= 0.6 is 0 Å². The SMILES string of the molecule is OC[C@H]1OC(n2cnc3c(NCCc4ccc(F)cc4)ncnc32)[C@H](O)[C@@H]1O. The largest absolute Gasteiger partial charge is 0.394 e. The fraction of sp³-hybridized carbons (Fsp3) is 0.389. The van der Waals surface area contributed by atoms with Crippen LogP contribution in [-0.2, 0) is 11.2 Å². The van der Waals surface area contributed by atoms with Gasteiger partial charge in [-0.15, -0.1) is 0 Å². The van der Waals surface area contributed by atoms with Crippen molar-refractivity contribution in [1.29, 1.82) is 0 Å². The number of anilines is 1. The van der Waals surface area contributed by atoms with Crippen molar-refractivity contribution in [2.24, 2.45) is 0 Å². The summed E-state index contributed by atoms with van der Waals surface area (Å²) >= 11 is 0. The van der Waals surface area contributed by atoms with Crippen LogP contribution in [0.3, 0.4) is 0 Å². The average molecular weight is 389 g/mol. The smallest absolute Gasteiger partial charge is 0.167 e. The molecule has 1 unspecified atom stereocenters. The molecule has 1 aliphatic heterocycles. The molecule has 0 saturated carbocycles. The Morgan fingerprint density at radius 2 is 1.89 bits per heavy atom. The van der Waals surface area contributed by atoms with Gasteiger partial charge in [-0.3, -0.25) is 4.57 Å². The van der Waals surface area contributed by atoms with Gasteiger partial charge in [0.2, 0.25) is 0 Å². The van der Waals surface area contributed by atoms with E-state index in [2.05, 4.69) is 20.3 Å². The molecule has 3 heterocycles. The van der Waals surface area contributed by atoms with Gasteiger partial charge in [-0.05, 0) is 24.1 Å². The standard InChI is InChI=1S/C18H20FN5O4/c19-11-3-1-10(2-4-11)5-6-20-16-13-17(22-8-21-16)24(9-23-13)18-15(27)14(26)12(7-25)28-18/h1-4,8-9,12,14-15,18,25-27H,5-7H2,(H,20,21,22)/t12-,14-,15-,18?/m1/s1. The number of fused-ring (bicyclic) bond motifs is 1. The zero-order chi connectivity index (χ0) is 19.7. The number of benzene rings is 1. The van der Waals surface area contributed by atoms with E-state index in [9.17, 15) is 19.7 Å². The fourth-order valence-corrected chi connectivity index (χ4v) is 3.25. The maximum absolute atomic E-state index is 13.0. The summed E-state index contributed by atoms with van der Waals surface area (Å²) in [4.78, 5) is 12.7. The summed E-state index contributed by atoms with van der Waals surface area (Å²) in [6.45, 7) is 0.144. The highest BCUT2D eigenvalue weighted by Gasteiger charge is 2.44. The normalized spacial score (nSPS) is 24.7. The number of hydrogen-bond acceptors (Lipinski definition) is 8. The van der Waals surface area contributed by atoms with E-state index in [1.165, 1.54) is 29.4 Å². The Morgan fingerprint density at radius 3 is 2.61 bits per heavy atom. The summed E-state index contributed by atoms with van der Waals surface area (Å²) in [6.07, 6.45) is -0.748. The number of imidazole rings is 1. The lowest BCUT2D eigenvalue weighted by Gasteiger charge is -2.16. The molecule has 4 N–H and O–H groups in total. The first-order valence-corrected chi connectivity index (χ1v) is 8.87. The van der Waals surface area contributed by atoms with Crippen LogP contribution < -0.4 is 5.32 Å². The molecule has 2 aromatic heterocycles. The van der Waals surface area contributed by atoms with Crippen LogP contribution in [0.1, 0.15) is 11.8 Å². The summed E-state index contributed by atoms with van der Waals surface area (Å²) in [5.74, 6) is 0.238. The van der Waals surface area contributed by atoms with Gasteiger partial charge in [0.15, 0.2) is 23.2 Å². The van der Waals surface area contributed by atoms with Gasteiger partial charge in [0.1, 0.15) is 30.5 Å². The molecule has 28 heavy (non-hydrogen) atoms. The van der Waals surface area contributed by atoms with E-state index in [0.717, 1.165) is 5.56 Å². The van der Waals surface area contributed by atoms with E-state index < -0.39 is 31.1 Å². The highest BCUT2D eigenvalue weighted by atomic mass is 19.1. The Kier molecular flexibility index (Phi) is 5.18. The van der Waals surface area contributed by atoms with Crippen LogP contribution in [0.25, 0.3) is 11.2 Å². The molecule has 4 rings (SSSR count). The number of nitrogens with one attached hydrogen (secondary N) is 1. The number of aliphatic hydroxyl groups is 3. The Bertz CT molecular complexity index is 951. The van der Waals surface area contributed by atoms with Crippen LogP contribution in [0.4, 0.5) is 10.2 Å². The Hall–Kier alpha value is -2.66. The van der Waals surface area contributed by atoms with Crippen molar-refractivity contribution in [1.82, 2.24) is 19.5 Å². The van der Waals surface area contributed by atoms with Crippen LogP contribution in [-0.4, -0.2) is 66.3 Å². The lowest BCUT2D eigenvalue weighted by molar-refractivity contribution is -0.0511. The topological polar surface area (TPSA) is 126 Å². The van der Waals surface area contributed by atoms with Gasteiger partial charge < -0.3 is 25.4 Å². The molecule has 1 fully saturated rings. The van der Waals surface area contributed by atoms with E-state index in [1.807, 2.05) is 0 Å². The molecule has 3 aromatic rings. The van der Waals surface area contributed by atoms with E-state index in [-0.39, 0.29) is 5.82 Å².